The van der Waals surface area contributed by atoms with Gasteiger partial charge in [0.05, 0.1) is 31.5 Å². The molecule has 1 aromatic carbocycles. The van der Waals surface area contributed by atoms with Crippen molar-refractivity contribution in [2.75, 3.05) is 26.2 Å². The molecule has 10 heteroatoms. The maximum atomic E-state index is 13.0. The molecule has 26 heavy (non-hydrogen) atoms. The van der Waals surface area contributed by atoms with Gasteiger partial charge in [-0.3, -0.25) is 25.0 Å². The molecule has 0 saturated carbocycles. The molecule has 1 aliphatic heterocycles. The Morgan fingerprint density at radius 1 is 1.19 bits per heavy atom. The van der Waals surface area contributed by atoms with Gasteiger partial charge in [-0.05, 0) is 11.6 Å². The molecule has 0 aromatic heterocycles. The molecule has 3 rings (SSSR count). The van der Waals surface area contributed by atoms with Gasteiger partial charge in [0.15, 0.2) is 0 Å². The number of carbonyl (C=O) groups is 1. The van der Waals surface area contributed by atoms with Crippen LogP contribution >= 0.6 is 0 Å². The second kappa shape index (κ2) is 5.97. The van der Waals surface area contributed by atoms with Gasteiger partial charge < -0.3 is 14.4 Å². The Labute approximate surface area is 148 Å². The Morgan fingerprint density at radius 2 is 1.85 bits per heavy atom. The standard InChI is InChI=1S/C16H17N3O7/c1-17-12-5-4-9(18(21)22)6-10(12)11-7-13(25-2)14(26-3)8-16(11,15(17)20)19(23)24/h4-6,11H,7-8H2,1-3H3/t11-,16+/m0/s1. The number of hydrogen-bond acceptors (Lipinski definition) is 7. The number of nitro groups is 2. The van der Waals surface area contributed by atoms with E-state index in [1.54, 1.807) is 0 Å². The fourth-order valence-electron chi connectivity index (χ4n) is 3.82. The summed E-state index contributed by atoms with van der Waals surface area (Å²) in [6.45, 7) is 0. The molecule has 0 unspecified atom stereocenters. The molecule has 0 bridgehead atoms. The highest BCUT2D eigenvalue weighted by molar-refractivity contribution is 6.03. The summed E-state index contributed by atoms with van der Waals surface area (Å²) in [6.07, 6.45) is -0.246. The summed E-state index contributed by atoms with van der Waals surface area (Å²) in [4.78, 5) is 36.2. The Hall–Kier alpha value is -3.17. The Kier molecular flexibility index (Phi) is 4.05. The van der Waals surface area contributed by atoms with Crippen molar-refractivity contribution in [1.82, 2.24) is 0 Å². The van der Waals surface area contributed by atoms with Crippen LogP contribution in [-0.4, -0.2) is 42.6 Å². The maximum absolute atomic E-state index is 13.0. The lowest BCUT2D eigenvalue weighted by Gasteiger charge is -2.43. The third-order valence-electron chi connectivity index (χ3n) is 5.16. The van der Waals surface area contributed by atoms with E-state index in [2.05, 4.69) is 0 Å². The quantitative estimate of drug-likeness (QED) is 0.591. The zero-order valence-corrected chi connectivity index (χ0v) is 14.4. The number of fused-ring (bicyclic) bond motifs is 3. The molecule has 0 saturated heterocycles. The van der Waals surface area contributed by atoms with Gasteiger partial charge in [-0.2, -0.15) is 0 Å². The van der Waals surface area contributed by atoms with Gasteiger partial charge in [0.25, 0.3) is 5.69 Å². The van der Waals surface area contributed by atoms with E-state index in [-0.39, 0.29) is 24.3 Å². The molecule has 1 aromatic rings. The van der Waals surface area contributed by atoms with Gasteiger partial charge in [0.2, 0.25) is 0 Å². The number of nitrogens with zero attached hydrogens (tertiary/aromatic N) is 3. The van der Waals surface area contributed by atoms with Crippen LogP contribution in [0.5, 0.6) is 0 Å². The van der Waals surface area contributed by atoms with Crippen molar-refractivity contribution in [1.29, 1.82) is 0 Å². The van der Waals surface area contributed by atoms with Crippen LogP contribution in [0.4, 0.5) is 11.4 Å². The number of carbonyl (C=O) groups excluding carboxylic acids is 1. The van der Waals surface area contributed by atoms with Crippen molar-refractivity contribution in [3.63, 3.8) is 0 Å². The number of methoxy groups -OCH3 is 2. The molecule has 0 radical (unpaired) electrons. The van der Waals surface area contributed by atoms with Crippen LogP contribution in [0.2, 0.25) is 0 Å². The zero-order chi connectivity index (χ0) is 19.2. The molecular formula is C16H17N3O7. The molecule has 1 heterocycles. The number of non-ortho nitro benzene ring substituents is 1. The number of hydrogen-bond donors (Lipinski definition) is 0. The molecule has 2 aliphatic rings. The third kappa shape index (κ3) is 2.21. The first kappa shape index (κ1) is 17.6. The predicted octanol–water partition coefficient (Wildman–Crippen LogP) is 1.97. The van der Waals surface area contributed by atoms with E-state index < -0.39 is 27.2 Å². The highest BCUT2D eigenvalue weighted by Gasteiger charge is 2.65. The molecule has 138 valence electrons. The van der Waals surface area contributed by atoms with E-state index in [0.29, 0.717) is 17.0 Å². The second-order valence-electron chi connectivity index (χ2n) is 6.23. The van der Waals surface area contributed by atoms with Crippen molar-refractivity contribution in [3.8, 4) is 0 Å². The van der Waals surface area contributed by atoms with E-state index >= 15 is 0 Å². The van der Waals surface area contributed by atoms with E-state index in [1.165, 1.54) is 44.4 Å². The van der Waals surface area contributed by atoms with Crippen LogP contribution in [-0.2, 0) is 14.3 Å². The lowest BCUT2D eigenvalue weighted by Crippen LogP contribution is -2.61. The van der Waals surface area contributed by atoms with Crippen LogP contribution in [0.1, 0.15) is 24.3 Å². The lowest BCUT2D eigenvalue weighted by atomic mass is 9.67. The highest BCUT2D eigenvalue weighted by Crippen LogP contribution is 2.52. The molecule has 1 amide bonds. The first-order valence-electron chi connectivity index (χ1n) is 7.79. The lowest BCUT2D eigenvalue weighted by molar-refractivity contribution is -0.559. The number of likely N-dealkylation sites (N-methyl/N-ethyl adjacent to an activating group) is 1. The number of amides is 1. The summed E-state index contributed by atoms with van der Waals surface area (Å²) in [5.41, 5.74) is -1.39. The van der Waals surface area contributed by atoms with Gasteiger partial charge in [0.1, 0.15) is 11.5 Å². The summed E-state index contributed by atoms with van der Waals surface area (Å²) in [7, 11) is 4.20. The average Bonchev–Trinajstić information content (AvgIpc) is 2.64. The van der Waals surface area contributed by atoms with Crippen LogP contribution in [0.3, 0.4) is 0 Å². The normalized spacial score (nSPS) is 24.7. The van der Waals surface area contributed by atoms with Crippen LogP contribution in [0.15, 0.2) is 29.7 Å². The smallest absolute Gasteiger partial charge is 0.313 e. The Morgan fingerprint density at radius 3 is 2.38 bits per heavy atom. The molecule has 0 fully saturated rings. The van der Waals surface area contributed by atoms with Gasteiger partial charge in [0, 0.05) is 36.2 Å². The topological polar surface area (TPSA) is 125 Å². The number of anilines is 1. The minimum atomic E-state index is -2.00. The number of nitro benzene ring substituents is 1. The molecule has 10 nitrogen and oxygen atoms in total. The monoisotopic (exact) mass is 363 g/mol. The van der Waals surface area contributed by atoms with E-state index in [0.717, 1.165) is 0 Å². The van der Waals surface area contributed by atoms with Gasteiger partial charge in [-0.25, -0.2) is 0 Å². The summed E-state index contributed by atoms with van der Waals surface area (Å²) in [5, 5.41) is 23.2. The van der Waals surface area contributed by atoms with Crippen molar-refractivity contribution in [2.45, 2.75) is 24.3 Å². The first-order valence-corrected chi connectivity index (χ1v) is 7.79. The van der Waals surface area contributed by atoms with E-state index in [9.17, 15) is 25.0 Å². The maximum Gasteiger partial charge on any atom is 0.313 e. The predicted molar refractivity (Wildman–Crippen MR) is 89.3 cm³/mol. The summed E-state index contributed by atoms with van der Waals surface area (Å²) >= 11 is 0. The van der Waals surface area contributed by atoms with Crippen molar-refractivity contribution >= 4 is 17.3 Å². The number of rotatable bonds is 4. The van der Waals surface area contributed by atoms with Crippen LogP contribution in [0.25, 0.3) is 0 Å². The fraction of sp³-hybridized carbons (Fsp3) is 0.438. The SMILES string of the molecule is COC1=C(OC)C[C@]2([N+](=O)[O-])C(=O)N(C)c3ccc([N+](=O)[O-])cc3[C@@H]2C1. The highest BCUT2D eigenvalue weighted by atomic mass is 16.6. The molecule has 0 N–H and O–H groups in total. The number of benzene rings is 1. The van der Waals surface area contributed by atoms with Gasteiger partial charge in [-0.1, -0.05) is 0 Å². The molecular weight excluding hydrogens is 346 g/mol. The van der Waals surface area contributed by atoms with Crippen molar-refractivity contribution in [2.24, 2.45) is 0 Å². The second-order valence-corrected chi connectivity index (χ2v) is 6.23. The fourth-order valence-corrected chi connectivity index (χ4v) is 3.82. The Balaban J connectivity index is 2.29. The van der Waals surface area contributed by atoms with E-state index in [1.807, 2.05) is 0 Å². The minimum absolute atomic E-state index is 0.0361. The van der Waals surface area contributed by atoms with E-state index in [4.69, 9.17) is 9.47 Å². The van der Waals surface area contributed by atoms with Crippen LogP contribution in [0, 0.1) is 20.2 Å². The van der Waals surface area contributed by atoms with Crippen LogP contribution < -0.4 is 4.90 Å². The molecule has 2 atom stereocenters. The molecule has 1 aliphatic carbocycles. The average molecular weight is 363 g/mol. The Bertz CT molecular complexity index is 850. The summed E-state index contributed by atoms with van der Waals surface area (Å²) < 4.78 is 10.5. The largest absolute Gasteiger partial charge is 0.498 e. The van der Waals surface area contributed by atoms with Crippen molar-refractivity contribution < 1.29 is 24.1 Å². The van der Waals surface area contributed by atoms with Crippen molar-refractivity contribution in [3.05, 3.63) is 55.5 Å². The number of allylic oxidation sites excluding steroid dienone is 1. The minimum Gasteiger partial charge on any atom is -0.498 e. The summed E-state index contributed by atoms with van der Waals surface area (Å²) in [5.74, 6) is -0.954. The summed E-state index contributed by atoms with van der Waals surface area (Å²) in [6, 6.07) is 4.02. The first-order chi connectivity index (χ1) is 12.3. The zero-order valence-electron chi connectivity index (χ0n) is 14.4. The van der Waals surface area contributed by atoms with Gasteiger partial charge >= 0.3 is 11.4 Å². The third-order valence-corrected chi connectivity index (χ3v) is 5.16. The molecule has 0 spiro atoms. The number of ether oxygens (including phenoxy) is 2. The van der Waals surface area contributed by atoms with Gasteiger partial charge in [-0.15, -0.1) is 0 Å².